The number of hydrogen-bond donors (Lipinski definition) is 1. The second-order valence-electron chi connectivity index (χ2n) is 6.70. The number of benzene rings is 2. The Morgan fingerprint density at radius 2 is 1.53 bits per heavy atom. The zero-order chi connectivity index (χ0) is 23.1. The minimum Gasteiger partial charge on any atom is -0.493 e. The van der Waals surface area contributed by atoms with E-state index in [-0.39, 0.29) is 12.3 Å². The van der Waals surface area contributed by atoms with Gasteiger partial charge in [0.15, 0.2) is 23.0 Å². The monoisotopic (exact) mass is 458 g/mol. The Morgan fingerprint density at radius 3 is 2.12 bits per heavy atom. The van der Waals surface area contributed by atoms with Gasteiger partial charge in [0.25, 0.3) is 0 Å². The molecule has 170 valence electrons. The van der Waals surface area contributed by atoms with Gasteiger partial charge in [-0.15, -0.1) is 11.3 Å². The SMILES string of the molecule is COc1ccc(-c2nc(CC(=O)NCc3cc(OC)c(OC)c(OC)c3)cs2)cc1OC. The number of nitrogens with zero attached hydrogens (tertiary/aromatic N) is 1. The highest BCUT2D eigenvalue weighted by Crippen LogP contribution is 2.38. The Kier molecular flexibility index (Phi) is 7.77. The number of amides is 1. The molecular formula is C23H26N2O6S. The van der Waals surface area contributed by atoms with Crippen LogP contribution in [0.3, 0.4) is 0 Å². The quantitative estimate of drug-likeness (QED) is 0.495. The molecule has 1 aromatic heterocycles. The van der Waals surface area contributed by atoms with Gasteiger partial charge in [0.1, 0.15) is 5.01 Å². The molecule has 3 rings (SSSR count). The molecule has 32 heavy (non-hydrogen) atoms. The molecule has 9 heteroatoms. The predicted molar refractivity (Wildman–Crippen MR) is 122 cm³/mol. The first-order valence-corrected chi connectivity index (χ1v) is 10.6. The van der Waals surface area contributed by atoms with Crippen molar-refractivity contribution in [1.29, 1.82) is 0 Å². The second-order valence-corrected chi connectivity index (χ2v) is 7.56. The number of thiazole rings is 1. The number of ether oxygens (including phenoxy) is 5. The Hall–Kier alpha value is -3.46. The van der Waals surface area contributed by atoms with Crippen molar-refractivity contribution in [2.45, 2.75) is 13.0 Å². The van der Waals surface area contributed by atoms with Crippen LogP contribution in [0.2, 0.25) is 0 Å². The minimum absolute atomic E-state index is 0.136. The van der Waals surface area contributed by atoms with Crippen molar-refractivity contribution in [2.75, 3.05) is 35.5 Å². The van der Waals surface area contributed by atoms with E-state index in [2.05, 4.69) is 10.3 Å². The van der Waals surface area contributed by atoms with Gasteiger partial charge in [-0.25, -0.2) is 4.98 Å². The van der Waals surface area contributed by atoms with Crippen LogP contribution in [0, 0.1) is 0 Å². The molecule has 0 aliphatic rings. The molecule has 0 aliphatic heterocycles. The molecular weight excluding hydrogens is 432 g/mol. The Labute approximate surface area is 191 Å². The maximum absolute atomic E-state index is 12.5. The molecule has 0 radical (unpaired) electrons. The summed E-state index contributed by atoms with van der Waals surface area (Å²) >= 11 is 1.47. The van der Waals surface area contributed by atoms with Crippen LogP contribution in [0.4, 0.5) is 0 Å². The smallest absolute Gasteiger partial charge is 0.226 e. The molecule has 8 nitrogen and oxygen atoms in total. The van der Waals surface area contributed by atoms with Crippen molar-refractivity contribution in [3.05, 3.63) is 47.0 Å². The van der Waals surface area contributed by atoms with Gasteiger partial charge >= 0.3 is 0 Å². The van der Waals surface area contributed by atoms with E-state index in [0.717, 1.165) is 16.1 Å². The summed E-state index contributed by atoms with van der Waals surface area (Å²) in [4.78, 5) is 17.1. The van der Waals surface area contributed by atoms with Gasteiger partial charge in [-0.3, -0.25) is 4.79 Å². The highest BCUT2D eigenvalue weighted by Gasteiger charge is 2.15. The molecule has 0 bridgehead atoms. The fourth-order valence-electron chi connectivity index (χ4n) is 3.16. The van der Waals surface area contributed by atoms with Crippen molar-refractivity contribution >= 4 is 17.2 Å². The van der Waals surface area contributed by atoms with Crippen molar-refractivity contribution in [1.82, 2.24) is 10.3 Å². The van der Waals surface area contributed by atoms with Crippen LogP contribution in [-0.2, 0) is 17.8 Å². The number of methoxy groups -OCH3 is 5. The van der Waals surface area contributed by atoms with E-state index in [1.807, 2.05) is 23.6 Å². The number of nitrogens with one attached hydrogen (secondary N) is 1. The third-order valence-electron chi connectivity index (χ3n) is 4.74. The Morgan fingerprint density at radius 1 is 0.875 bits per heavy atom. The van der Waals surface area contributed by atoms with Gasteiger partial charge in [0.05, 0.1) is 47.7 Å². The topological polar surface area (TPSA) is 88.1 Å². The fourth-order valence-corrected chi connectivity index (χ4v) is 3.97. The van der Waals surface area contributed by atoms with E-state index >= 15 is 0 Å². The highest BCUT2D eigenvalue weighted by atomic mass is 32.1. The van der Waals surface area contributed by atoms with Gasteiger partial charge < -0.3 is 29.0 Å². The van der Waals surface area contributed by atoms with E-state index in [9.17, 15) is 4.79 Å². The highest BCUT2D eigenvalue weighted by molar-refractivity contribution is 7.13. The van der Waals surface area contributed by atoms with E-state index in [4.69, 9.17) is 23.7 Å². The number of carbonyl (C=O) groups excluding carboxylic acids is 1. The number of rotatable bonds is 10. The number of aromatic nitrogens is 1. The summed E-state index contributed by atoms with van der Waals surface area (Å²) in [5, 5.41) is 5.59. The van der Waals surface area contributed by atoms with E-state index in [1.165, 1.54) is 11.3 Å². The summed E-state index contributed by atoms with van der Waals surface area (Å²) in [6.45, 7) is 0.322. The van der Waals surface area contributed by atoms with Crippen molar-refractivity contribution in [2.24, 2.45) is 0 Å². The summed E-state index contributed by atoms with van der Waals surface area (Å²) in [6.07, 6.45) is 0.175. The third kappa shape index (κ3) is 5.23. The maximum atomic E-state index is 12.5. The summed E-state index contributed by atoms with van der Waals surface area (Å²) < 4.78 is 26.7. The molecule has 1 heterocycles. The lowest BCUT2D eigenvalue weighted by molar-refractivity contribution is -0.120. The first-order valence-electron chi connectivity index (χ1n) is 9.75. The average Bonchev–Trinajstić information content (AvgIpc) is 3.29. The second kappa shape index (κ2) is 10.7. The van der Waals surface area contributed by atoms with E-state index < -0.39 is 0 Å². The van der Waals surface area contributed by atoms with Crippen LogP contribution in [0.5, 0.6) is 28.7 Å². The Balaban J connectivity index is 1.65. The molecule has 3 aromatic rings. The molecule has 0 unspecified atom stereocenters. The lowest BCUT2D eigenvalue weighted by Crippen LogP contribution is -2.24. The zero-order valence-electron chi connectivity index (χ0n) is 18.7. The van der Waals surface area contributed by atoms with Crippen LogP contribution < -0.4 is 29.0 Å². The van der Waals surface area contributed by atoms with Crippen molar-refractivity contribution < 1.29 is 28.5 Å². The molecule has 0 saturated carbocycles. The number of hydrogen-bond acceptors (Lipinski definition) is 8. The normalized spacial score (nSPS) is 10.4. The van der Waals surface area contributed by atoms with E-state index in [1.54, 1.807) is 47.7 Å². The maximum Gasteiger partial charge on any atom is 0.226 e. The molecule has 1 N–H and O–H groups in total. The van der Waals surface area contributed by atoms with E-state index in [0.29, 0.717) is 41.0 Å². The van der Waals surface area contributed by atoms with Gasteiger partial charge in [-0.1, -0.05) is 0 Å². The minimum atomic E-state index is -0.136. The number of carbonyl (C=O) groups is 1. The lowest BCUT2D eigenvalue weighted by Gasteiger charge is -2.14. The fraction of sp³-hybridized carbons (Fsp3) is 0.304. The Bertz CT molecular complexity index is 1060. The van der Waals surface area contributed by atoms with Crippen LogP contribution in [0.15, 0.2) is 35.7 Å². The molecule has 2 aromatic carbocycles. The summed E-state index contributed by atoms with van der Waals surface area (Å²) in [6, 6.07) is 9.22. The van der Waals surface area contributed by atoms with Crippen LogP contribution >= 0.6 is 11.3 Å². The summed E-state index contributed by atoms with van der Waals surface area (Å²) in [5.74, 6) is 2.73. The first kappa shape index (κ1) is 23.2. The largest absolute Gasteiger partial charge is 0.493 e. The molecule has 0 aliphatic carbocycles. The van der Waals surface area contributed by atoms with Gasteiger partial charge in [-0.2, -0.15) is 0 Å². The summed E-state index contributed by atoms with van der Waals surface area (Å²) in [5.41, 5.74) is 2.43. The van der Waals surface area contributed by atoms with Gasteiger partial charge in [-0.05, 0) is 35.9 Å². The van der Waals surface area contributed by atoms with Crippen LogP contribution in [0.1, 0.15) is 11.3 Å². The molecule has 0 spiro atoms. The lowest BCUT2D eigenvalue weighted by atomic mass is 10.1. The molecule has 0 atom stereocenters. The van der Waals surface area contributed by atoms with Crippen molar-refractivity contribution in [3.8, 4) is 39.3 Å². The summed E-state index contributed by atoms with van der Waals surface area (Å²) in [7, 11) is 7.84. The molecule has 0 saturated heterocycles. The predicted octanol–water partition coefficient (Wildman–Crippen LogP) is 3.71. The van der Waals surface area contributed by atoms with Crippen molar-refractivity contribution in [3.63, 3.8) is 0 Å². The molecule has 1 amide bonds. The average molecular weight is 459 g/mol. The van der Waals surface area contributed by atoms with Crippen LogP contribution in [-0.4, -0.2) is 46.4 Å². The zero-order valence-corrected chi connectivity index (χ0v) is 19.5. The van der Waals surface area contributed by atoms with Crippen LogP contribution in [0.25, 0.3) is 10.6 Å². The standard InChI is InChI=1S/C23H26N2O6S/c1-27-17-7-6-15(10-18(17)28-2)23-25-16(13-32-23)11-21(26)24-12-14-8-19(29-3)22(31-5)20(9-14)30-4/h6-10,13H,11-12H2,1-5H3,(H,24,26). The third-order valence-corrected chi connectivity index (χ3v) is 5.68. The van der Waals surface area contributed by atoms with Gasteiger partial charge in [0.2, 0.25) is 11.7 Å². The molecule has 0 fully saturated rings. The van der Waals surface area contributed by atoms with Gasteiger partial charge in [0, 0.05) is 17.5 Å². The first-order chi connectivity index (χ1) is 15.5.